The third-order valence-corrected chi connectivity index (χ3v) is 24.7. The van der Waals surface area contributed by atoms with E-state index in [-0.39, 0.29) is 0 Å². The molecule has 2 spiro atoms. The van der Waals surface area contributed by atoms with Crippen LogP contribution < -0.4 is 0 Å². The SMILES string of the molecule is CCCCCCc1ccc(-c2ccc(-c3cc4c(s3)-c3sc(-c5ccc(-c6ccc(CCCCCC)s6)s5)cc3C3(c5ccccc5Sc5ccccc53)C43c4ccccc4Sc4ccccc43)s2)s1. The van der Waals surface area contributed by atoms with Crippen LogP contribution in [0.25, 0.3) is 48.8 Å². The number of aryl methyl sites for hydroxylation is 2. The standard InChI is InChI=1S/C62H52S8/c1-3-5-7-9-19-39-29-31-51(63-39)53-33-35-55(67-53)57-37-45-59(69-57)60-46(38-58(70-60)56-36-34-54(68-56)52-32-30-40(64-52)20-10-8-6-4-2)62(43-23-13-17-27-49(43)66-50-28-18-14-24-44(50)62)61(45)41-21-11-15-25-47(41)65-48-26-16-12-22-42(48)61/h11-18,21-38H,3-10,19-20H2,1-2H3. The molecule has 0 nitrogen and oxygen atoms in total. The van der Waals surface area contributed by atoms with Gasteiger partial charge in [-0.25, -0.2) is 0 Å². The fourth-order valence-electron chi connectivity index (χ4n) is 11.6. The number of thiophene rings is 6. The first kappa shape index (κ1) is 45.6. The second kappa shape index (κ2) is 19.0. The molecule has 0 N–H and O–H groups in total. The summed E-state index contributed by atoms with van der Waals surface area (Å²) in [6.45, 7) is 4.60. The normalized spacial score (nSPS) is 14.5. The van der Waals surface area contributed by atoms with Gasteiger partial charge in [-0.3, -0.25) is 0 Å². The van der Waals surface area contributed by atoms with Crippen LogP contribution in [0.3, 0.4) is 0 Å². The van der Waals surface area contributed by atoms with Crippen molar-refractivity contribution in [3.8, 4) is 48.8 Å². The third kappa shape index (κ3) is 7.36. The van der Waals surface area contributed by atoms with Crippen molar-refractivity contribution in [1.82, 2.24) is 0 Å². The summed E-state index contributed by atoms with van der Waals surface area (Å²) in [5.74, 6) is 0. The highest BCUT2D eigenvalue weighted by molar-refractivity contribution is 7.99. The van der Waals surface area contributed by atoms with E-state index in [0.29, 0.717) is 0 Å². The zero-order valence-electron chi connectivity index (χ0n) is 39.3. The molecule has 0 amide bonds. The van der Waals surface area contributed by atoms with Gasteiger partial charge in [0.2, 0.25) is 0 Å². The molecule has 70 heavy (non-hydrogen) atoms. The van der Waals surface area contributed by atoms with Crippen molar-refractivity contribution < 1.29 is 0 Å². The number of hydrogen-bond donors (Lipinski definition) is 0. The molecule has 0 fully saturated rings. The van der Waals surface area contributed by atoms with Crippen LogP contribution in [-0.2, 0) is 23.7 Å². The highest BCUT2D eigenvalue weighted by Crippen LogP contribution is 2.74. The van der Waals surface area contributed by atoms with Crippen LogP contribution in [0.1, 0.15) is 108 Å². The maximum absolute atomic E-state index is 2.66. The van der Waals surface area contributed by atoms with Gasteiger partial charge in [-0.15, -0.1) is 68.0 Å². The Morgan fingerprint density at radius 1 is 0.300 bits per heavy atom. The molecule has 6 aromatic heterocycles. The van der Waals surface area contributed by atoms with Gasteiger partial charge in [0.25, 0.3) is 0 Å². The summed E-state index contributed by atoms with van der Waals surface area (Å²) in [6, 6.07) is 62.1. The Labute approximate surface area is 445 Å². The van der Waals surface area contributed by atoms with Gasteiger partial charge in [0, 0.05) is 78.1 Å². The molecule has 13 rings (SSSR count). The Kier molecular flexibility index (Phi) is 12.4. The largest absolute Gasteiger partial charge is 0.139 e. The molecule has 3 aliphatic rings. The molecule has 4 aromatic carbocycles. The van der Waals surface area contributed by atoms with Crippen molar-refractivity contribution in [2.45, 2.75) is 108 Å². The Morgan fingerprint density at radius 2 is 0.629 bits per heavy atom. The summed E-state index contributed by atoms with van der Waals surface area (Å²) in [5.41, 5.74) is 7.27. The first-order valence-corrected chi connectivity index (χ1v) is 31.5. The average Bonchev–Trinajstić information content (AvgIpc) is 4.27. The first-order chi connectivity index (χ1) is 34.6. The minimum absolute atomic E-state index is 0.598. The Balaban J connectivity index is 1.05. The minimum atomic E-state index is -0.598. The molecule has 0 bridgehead atoms. The van der Waals surface area contributed by atoms with Crippen LogP contribution >= 0.6 is 91.5 Å². The van der Waals surface area contributed by atoms with Crippen molar-refractivity contribution in [2.75, 3.05) is 0 Å². The maximum Gasteiger partial charge on any atom is 0.0667 e. The summed E-state index contributed by atoms with van der Waals surface area (Å²) in [5, 5.41) is 0. The van der Waals surface area contributed by atoms with E-state index in [1.165, 1.54) is 176 Å². The smallest absolute Gasteiger partial charge is 0.0667 e. The summed E-state index contributed by atoms with van der Waals surface area (Å²) in [6.07, 6.45) is 12.8. The minimum Gasteiger partial charge on any atom is -0.139 e. The highest BCUT2D eigenvalue weighted by Gasteiger charge is 2.66. The lowest BCUT2D eigenvalue weighted by Crippen LogP contribution is -2.56. The molecule has 348 valence electrons. The van der Waals surface area contributed by atoms with Crippen molar-refractivity contribution in [1.29, 1.82) is 0 Å². The fraction of sp³-hybridized carbons (Fsp3) is 0.226. The van der Waals surface area contributed by atoms with Gasteiger partial charge in [0.05, 0.1) is 10.8 Å². The van der Waals surface area contributed by atoms with Gasteiger partial charge in [0.1, 0.15) is 0 Å². The lowest BCUT2D eigenvalue weighted by atomic mass is 9.45. The van der Waals surface area contributed by atoms with E-state index < -0.39 is 10.8 Å². The van der Waals surface area contributed by atoms with E-state index in [1.807, 2.05) is 91.5 Å². The van der Waals surface area contributed by atoms with Crippen LogP contribution in [0, 0.1) is 0 Å². The number of rotatable bonds is 14. The molecule has 0 radical (unpaired) electrons. The van der Waals surface area contributed by atoms with Crippen molar-refractivity contribution in [2.24, 2.45) is 0 Å². The average molecular weight is 1050 g/mol. The summed E-state index contributed by atoms with van der Waals surface area (Å²) in [4.78, 5) is 22.2. The van der Waals surface area contributed by atoms with Crippen molar-refractivity contribution >= 4 is 91.5 Å². The Hall–Kier alpha value is -4.22. The molecule has 0 unspecified atom stereocenters. The van der Waals surface area contributed by atoms with Gasteiger partial charge >= 0.3 is 0 Å². The van der Waals surface area contributed by atoms with Crippen LogP contribution in [0.2, 0.25) is 0 Å². The van der Waals surface area contributed by atoms with Gasteiger partial charge in [0.15, 0.2) is 0 Å². The summed E-state index contributed by atoms with van der Waals surface area (Å²) in [7, 11) is 0. The van der Waals surface area contributed by atoms with Gasteiger partial charge < -0.3 is 0 Å². The Bertz CT molecular complexity index is 3200. The van der Waals surface area contributed by atoms with Gasteiger partial charge in [-0.05, 0) is 144 Å². The van der Waals surface area contributed by atoms with E-state index in [2.05, 4.69) is 172 Å². The predicted molar refractivity (Wildman–Crippen MR) is 310 cm³/mol. The summed E-state index contributed by atoms with van der Waals surface area (Å²) < 4.78 is 0. The number of hydrogen-bond acceptors (Lipinski definition) is 8. The second-order valence-corrected chi connectivity index (χ2v) is 27.7. The molecule has 1 aliphatic carbocycles. The molecule has 0 saturated carbocycles. The van der Waals surface area contributed by atoms with Crippen molar-refractivity contribution in [3.63, 3.8) is 0 Å². The van der Waals surface area contributed by atoms with E-state index >= 15 is 0 Å². The van der Waals surface area contributed by atoms with Crippen LogP contribution in [0.4, 0.5) is 0 Å². The first-order valence-electron chi connectivity index (χ1n) is 25.0. The molecular formula is C62H52S8. The maximum atomic E-state index is 2.66. The molecule has 0 saturated heterocycles. The number of unbranched alkanes of at least 4 members (excludes halogenated alkanes) is 6. The molecule has 0 atom stereocenters. The second-order valence-electron chi connectivity index (χ2n) is 18.9. The predicted octanol–water partition coefficient (Wildman–Crippen LogP) is 21.2. The molecule has 8 heteroatoms. The van der Waals surface area contributed by atoms with Gasteiger partial charge in [-0.2, -0.15) is 0 Å². The lowest BCUT2D eigenvalue weighted by molar-refractivity contribution is 0.391. The number of benzene rings is 4. The topological polar surface area (TPSA) is 0 Å². The molecular weight excluding hydrogens is 1000 g/mol. The molecule has 8 heterocycles. The van der Waals surface area contributed by atoms with Crippen LogP contribution in [0.5, 0.6) is 0 Å². The highest BCUT2D eigenvalue weighted by atomic mass is 32.2. The van der Waals surface area contributed by atoms with E-state index in [4.69, 9.17) is 0 Å². The quantitative estimate of drug-likeness (QED) is 0.0996. The lowest BCUT2D eigenvalue weighted by Gasteiger charge is -2.58. The monoisotopic (exact) mass is 1050 g/mol. The zero-order chi connectivity index (χ0) is 46.8. The van der Waals surface area contributed by atoms with Crippen LogP contribution in [0.15, 0.2) is 177 Å². The van der Waals surface area contributed by atoms with Crippen molar-refractivity contribution in [3.05, 3.63) is 201 Å². The third-order valence-electron chi connectivity index (χ3n) is 14.7. The molecule has 2 aliphatic heterocycles. The fourth-order valence-corrected chi connectivity index (χ4v) is 21.1. The Morgan fingerprint density at radius 3 is 1.00 bits per heavy atom. The zero-order valence-corrected chi connectivity index (χ0v) is 45.9. The van der Waals surface area contributed by atoms with Gasteiger partial charge in [-0.1, -0.05) is 149 Å². The summed E-state index contributed by atoms with van der Waals surface area (Å²) >= 11 is 15.9. The van der Waals surface area contributed by atoms with E-state index in [9.17, 15) is 0 Å². The van der Waals surface area contributed by atoms with E-state index in [0.717, 1.165) is 0 Å². The van der Waals surface area contributed by atoms with Crippen LogP contribution in [-0.4, -0.2) is 0 Å². The van der Waals surface area contributed by atoms with E-state index in [1.54, 1.807) is 0 Å². The molecule has 10 aromatic rings. The number of fused-ring (bicyclic) bond motifs is 14.